The molecule has 2 aliphatic heterocycles. The van der Waals surface area contributed by atoms with Gasteiger partial charge in [0.05, 0.1) is 24.1 Å². The number of nitrogens with one attached hydrogen (secondary N) is 2. The molecule has 2 aliphatic rings. The normalized spacial score (nSPS) is 21.3. The van der Waals surface area contributed by atoms with Crippen LogP contribution in [0.1, 0.15) is 19.3 Å². The van der Waals surface area contributed by atoms with E-state index < -0.39 is 24.1 Å². The fourth-order valence-corrected chi connectivity index (χ4v) is 3.98. The maximum atomic E-state index is 13.9. The van der Waals surface area contributed by atoms with Crippen molar-refractivity contribution < 1.29 is 18.4 Å². The molecule has 10 heteroatoms. The Morgan fingerprint density at radius 3 is 2.71 bits per heavy atom. The summed E-state index contributed by atoms with van der Waals surface area (Å²) in [4.78, 5) is 33.0. The molecule has 0 spiro atoms. The summed E-state index contributed by atoms with van der Waals surface area (Å²) >= 11 is 5.71. The van der Waals surface area contributed by atoms with Crippen molar-refractivity contribution in [2.45, 2.75) is 31.5 Å². The molecule has 1 aromatic carbocycles. The molecule has 31 heavy (non-hydrogen) atoms. The number of alkyl halides is 1. The zero-order valence-corrected chi connectivity index (χ0v) is 17.4. The minimum atomic E-state index is -0.843. The molecule has 2 N–H and O–H groups in total. The van der Waals surface area contributed by atoms with Crippen molar-refractivity contribution in [1.82, 2.24) is 10.3 Å². The van der Waals surface area contributed by atoms with E-state index in [-0.39, 0.29) is 16.6 Å². The summed E-state index contributed by atoms with van der Waals surface area (Å²) in [5.74, 6) is -0.257. The minimum Gasteiger partial charge on any atom is -0.354 e. The van der Waals surface area contributed by atoms with Crippen molar-refractivity contribution in [3.8, 4) is 0 Å². The fourth-order valence-electron chi connectivity index (χ4n) is 3.82. The maximum absolute atomic E-state index is 13.9. The van der Waals surface area contributed by atoms with Crippen LogP contribution in [0.4, 0.5) is 30.8 Å². The number of carbonyl (C=O) groups is 2. The molecule has 2 fully saturated rings. The van der Waals surface area contributed by atoms with E-state index in [1.54, 1.807) is 23.2 Å². The molecule has 1 aromatic heterocycles. The van der Waals surface area contributed by atoms with Crippen LogP contribution in [0.25, 0.3) is 0 Å². The Morgan fingerprint density at radius 1 is 1.19 bits per heavy atom. The first-order valence-electron chi connectivity index (χ1n) is 10.1. The van der Waals surface area contributed by atoms with Gasteiger partial charge in [0.25, 0.3) is 0 Å². The molecule has 3 heterocycles. The lowest BCUT2D eigenvalue weighted by Crippen LogP contribution is -2.53. The molecule has 0 bridgehead atoms. The highest BCUT2D eigenvalue weighted by molar-refractivity contribution is 6.30. The lowest BCUT2D eigenvalue weighted by atomic mass is 10.0. The lowest BCUT2D eigenvalue weighted by molar-refractivity contribution is -0.121. The first kappa shape index (κ1) is 21.3. The van der Waals surface area contributed by atoms with E-state index in [0.29, 0.717) is 50.4 Å². The Labute approximate surface area is 183 Å². The number of nitrogens with zero attached hydrogens (tertiary/aromatic N) is 3. The highest BCUT2D eigenvalue weighted by Crippen LogP contribution is 2.25. The van der Waals surface area contributed by atoms with Gasteiger partial charge in [0, 0.05) is 18.1 Å². The van der Waals surface area contributed by atoms with Gasteiger partial charge in [-0.25, -0.2) is 18.6 Å². The van der Waals surface area contributed by atoms with Crippen LogP contribution in [0.15, 0.2) is 36.5 Å². The number of halogens is 3. The number of aromatic nitrogens is 1. The van der Waals surface area contributed by atoms with Crippen LogP contribution >= 0.6 is 11.6 Å². The Morgan fingerprint density at radius 2 is 2.03 bits per heavy atom. The van der Waals surface area contributed by atoms with Crippen LogP contribution in [-0.4, -0.2) is 48.8 Å². The van der Waals surface area contributed by atoms with E-state index in [4.69, 9.17) is 11.6 Å². The molecule has 0 unspecified atom stereocenters. The summed E-state index contributed by atoms with van der Waals surface area (Å²) in [7, 11) is 0. The molecule has 0 radical (unpaired) electrons. The van der Waals surface area contributed by atoms with Crippen molar-refractivity contribution in [3.05, 3.63) is 47.4 Å². The summed E-state index contributed by atoms with van der Waals surface area (Å²) in [5.41, 5.74) is 0.583. The van der Waals surface area contributed by atoms with Crippen LogP contribution in [-0.2, 0) is 4.79 Å². The number of amides is 3. The zero-order chi connectivity index (χ0) is 22.0. The summed E-state index contributed by atoms with van der Waals surface area (Å²) in [6.07, 6.45) is 2.39. The van der Waals surface area contributed by atoms with E-state index >= 15 is 0 Å². The molecular formula is C21H22ClF2N5O2. The third kappa shape index (κ3) is 4.87. The number of benzene rings is 1. The summed E-state index contributed by atoms with van der Waals surface area (Å²) < 4.78 is 27.3. The lowest BCUT2D eigenvalue weighted by Gasteiger charge is -2.32. The highest BCUT2D eigenvalue weighted by atomic mass is 35.5. The van der Waals surface area contributed by atoms with Crippen molar-refractivity contribution in [1.29, 1.82) is 0 Å². The van der Waals surface area contributed by atoms with Gasteiger partial charge in [-0.05, 0) is 49.6 Å². The predicted molar refractivity (Wildman–Crippen MR) is 115 cm³/mol. The quantitative estimate of drug-likeness (QED) is 0.745. The van der Waals surface area contributed by atoms with Gasteiger partial charge in [0.1, 0.15) is 23.8 Å². The molecule has 0 saturated carbocycles. The number of piperidine rings is 1. The molecule has 2 aromatic rings. The van der Waals surface area contributed by atoms with Crippen LogP contribution in [0, 0.1) is 5.82 Å². The number of anilines is 3. The minimum absolute atomic E-state index is 0.0285. The second-order valence-corrected chi connectivity index (χ2v) is 8.05. The topological polar surface area (TPSA) is 77.6 Å². The van der Waals surface area contributed by atoms with Gasteiger partial charge in [0.15, 0.2) is 0 Å². The largest absolute Gasteiger partial charge is 0.354 e. The Bertz CT molecular complexity index is 975. The maximum Gasteiger partial charge on any atom is 0.319 e. The highest BCUT2D eigenvalue weighted by Gasteiger charge is 2.31. The monoisotopic (exact) mass is 449 g/mol. The van der Waals surface area contributed by atoms with Crippen molar-refractivity contribution >= 4 is 40.7 Å². The first-order valence-corrected chi connectivity index (χ1v) is 10.5. The molecule has 2 atom stereocenters. The van der Waals surface area contributed by atoms with E-state index in [1.165, 1.54) is 12.1 Å². The van der Waals surface area contributed by atoms with E-state index in [0.717, 1.165) is 6.07 Å². The van der Waals surface area contributed by atoms with Gasteiger partial charge < -0.3 is 20.4 Å². The first-order chi connectivity index (χ1) is 14.9. The van der Waals surface area contributed by atoms with Crippen LogP contribution in [0.2, 0.25) is 5.02 Å². The standard InChI is InChI=1S/C21H22ClF2N5O2/c22-13-3-5-17(16(24)10-13)26-21(31)27-18-2-1-8-29(20(18)30)15-4-6-19(25-11-15)28-9-7-14(23)12-28/h3-6,10-11,14,18H,1-2,7-9,12H2,(H2,26,27,31)/t14-,18-/m1/s1. The van der Waals surface area contributed by atoms with E-state index in [2.05, 4.69) is 15.6 Å². The number of hydrogen-bond donors (Lipinski definition) is 2. The van der Waals surface area contributed by atoms with Crippen molar-refractivity contribution in [3.63, 3.8) is 0 Å². The van der Waals surface area contributed by atoms with Gasteiger partial charge in [-0.3, -0.25) is 4.79 Å². The molecule has 4 rings (SSSR count). The van der Waals surface area contributed by atoms with E-state index in [1.807, 2.05) is 4.90 Å². The molecular weight excluding hydrogens is 428 g/mol. The Hall–Kier alpha value is -2.94. The van der Waals surface area contributed by atoms with Crippen LogP contribution in [0.3, 0.4) is 0 Å². The number of rotatable bonds is 4. The van der Waals surface area contributed by atoms with Gasteiger partial charge in [-0.1, -0.05) is 11.6 Å². The predicted octanol–water partition coefficient (Wildman–Crippen LogP) is 3.74. The van der Waals surface area contributed by atoms with Crippen LogP contribution < -0.4 is 20.4 Å². The van der Waals surface area contributed by atoms with Gasteiger partial charge in [0.2, 0.25) is 5.91 Å². The average Bonchev–Trinajstić information content (AvgIpc) is 3.18. The van der Waals surface area contributed by atoms with Crippen molar-refractivity contribution in [2.75, 3.05) is 34.8 Å². The fraction of sp³-hybridized carbons (Fsp3) is 0.381. The van der Waals surface area contributed by atoms with Crippen LogP contribution in [0.5, 0.6) is 0 Å². The van der Waals surface area contributed by atoms with Gasteiger partial charge in [-0.2, -0.15) is 0 Å². The van der Waals surface area contributed by atoms with Gasteiger partial charge >= 0.3 is 6.03 Å². The Balaban J connectivity index is 1.39. The Kier molecular flexibility index (Phi) is 6.22. The summed E-state index contributed by atoms with van der Waals surface area (Å²) in [5, 5.41) is 5.23. The summed E-state index contributed by atoms with van der Waals surface area (Å²) in [6.45, 7) is 1.44. The van der Waals surface area contributed by atoms with Gasteiger partial charge in [-0.15, -0.1) is 0 Å². The second-order valence-electron chi connectivity index (χ2n) is 7.61. The average molecular weight is 450 g/mol. The van der Waals surface area contributed by atoms with Crippen molar-refractivity contribution in [2.24, 2.45) is 0 Å². The number of carbonyl (C=O) groups excluding carboxylic acids is 2. The molecule has 0 aliphatic carbocycles. The molecule has 164 valence electrons. The number of urea groups is 1. The summed E-state index contributed by atoms with van der Waals surface area (Å²) in [6, 6.07) is 6.03. The third-order valence-corrected chi connectivity index (χ3v) is 5.66. The SMILES string of the molecule is O=C(Nc1ccc(Cl)cc1F)N[C@@H]1CCCN(c2ccc(N3CC[C@@H](F)C3)nc2)C1=O. The van der Waals surface area contributed by atoms with E-state index in [9.17, 15) is 18.4 Å². The third-order valence-electron chi connectivity index (χ3n) is 5.42. The smallest absolute Gasteiger partial charge is 0.319 e. The zero-order valence-electron chi connectivity index (χ0n) is 16.7. The molecule has 7 nitrogen and oxygen atoms in total. The number of pyridine rings is 1. The second kappa shape index (κ2) is 9.05. The molecule has 2 saturated heterocycles. The molecule has 3 amide bonds. The number of hydrogen-bond acceptors (Lipinski definition) is 4.